The minimum absolute atomic E-state index is 0.676. The summed E-state index contributed by atoms with van der Waals surface area (Å²) in [4.78, 5) is 1.31. The van der Waals surface area contributed by atoms with Crippen LogP contribution in [0.25, 0.3) is 0 Å². The first kappa shape index (κ1) is 13.8. The van der Waals surface area contributed by atoms with E-state index in [2.05, 4.69) is 57.7 Å². The van der Waals surface area contributed by atoms with Gasteiger partial charge in [0.2, 0.25) is 0 Å². The van der Waals surface area contributed by atoms with Crippen molar-refractivity contribution >= 4 is 27.3 Å². The van der Waals surface area contributed by atoms with Crippen molar-refractivity contribution in [1.82, 2.24) is 15.1 Å². The lowest BCUT2D eigenvalue weighted by atomic mass is 10.2. The lowest BCUT2D eigenvalue weighted by Gasteiger charge is -2.05. The number of nitrogens with zero attached hydrogens (tertiary/aromatic N) is 2. The van der Waals surface area contributed by atoms with Crippen LogP contribution in [0.2, 0.25) is 0 Å². The molecule has 0 bridgehead atoms. The maximum atomic E-state index is 4.56. The largest absolute Gasteiger partial charge is 0.311 e. The summed E-state index contributed by atoms with van der Waals surface area (Å²) in [5.41, 5.74) is 1.10. The smallest absolute Gasteiger partial charge is 0.0762 e. The molecule has 0 aliphatic carbocycles. The Morgan fingerprint density at radius 3 is 3.00 bits per heavy atom. The highest BCUT2D eigenvalue weighted by Crippen LogP contribution is 2.20. The number of rotatable bonds is 6. The van der Waals surface area contributed by atoms with Gasteiger partial charge < -0.3 is 5.32 Å². The Bertz CT molecular complexity index is 490. The van der Waals surface area contributed by atoms with E-state index in [-0.39, 0.29) is 0 Å². The van der Waals surface area contributed by atoms with E-state index in [0.717, 1.165) is 29.8 Å². The Hall–Kier alpha value is -0.650. The summed E-state index contributed by atoms with van der Waals surface area (Å²) in [6.07, 6.45) is 2.04. The van der Waals surface area contributed by atoms with Gasteiger partial charge in [-0.05, 0) is 40.5 Å². The van der Waals surface area contributed by atoms with Crippen molar-refractivity contribution in [3.63, 3.8) is 0 Å². The molecule has 98 valence electrons. The molecule has 2 aromatic heterocycles. The van der Waals surface area contributed by atoms with E-state index in [1.807, 2.05) is 10.9 Å². The topological polar surface area (TPSA) is 29.9 Å². The molecule has 0 spiro atoms. The SMILES string of the molecule is CC(C)CNCc1ccn(Cc2cc(Br)cs2)n1. The van der Waals surface area contributed by atoms with Crippen molar-refractivity contribution in [2.24, 2.45) is 5.92 Å². The van der Waals surface area contributed by atoms with Crippen molar-refractivity contribution < 1.29 is 0 Å². The van der Waals surface area contributed by atoms with Gasteiger partial charge in [-0.15, -0.1) is 11.3 Å². The molecule has 0 atom stereocenters. The Kier molecular flexibility index (Phi) is 4.97. The van der Waals surface area contributed by atoms with Crippen LogP contribution < -0.4 is 5.32 Å². The molecule has 0 saturated heterocycles. The minimum Gasteiger partial charge on any atom is -0.311 e. The molecule has 3 nitrogen and oxygen atoms in total. The number of thiophene rings is 1. The summed E-state index contributed by atoms with van der Waals surface area (Å²) in [5, 5.41) is 10.1. The van der Waals surface area contributed by atoms with Gasteiger partial charge in [0.1, 0.15) is 0 Å². The molecule has 0 unspecified atom stereocenters. The fourth-order valence-corrected chi connectivity index (χ4v) is 3.11. The van der Waals surface area contributed by atoms with Crippen LogP contribution >= 0.6 is 27.3 Å². The first-order chi connectivity index (χ1) is 8.63. The average molecular weight is 328 g/mol. The standard InChI is InChI=1S/C13H18BrN3S/c1-10(2)6-15-7-12-3-4-17(16-12)8-13-5-11(14)9-18-13/h3-5,9-10,15H,6-8H2,1-2H3. The number of halogens is 1. The maximum absolute atomic E-state index is 4.56. The molecular weight excluding hydrogens is 310 g/mol. The van der Waals surface area contributed by atoms with Gasteiger partial charge in [0.05, 0.1) is 12.2 Å². The van der Waals surface area contributed by atoms with E-state index in [1.54, 1.807) is 11.3 Å². The van der Waals surface area contributed by atoms with Crippen molar-refractivity contribution in [2.75, 3.05) is 6.54 Å². The van der Waals surface area contributed by atoms with Gasteiger partial charge >= 0.3 is 0 Å². The van der Waals surface area contributed by atoms with E-state index >= 15 is 0 Å². The summed E-state index contributed by atoms with van der Waals surface area (Å²) in [7, 11) is 0. The predicted octanol–water partition coefficient (Wildman–Crippen LogP) is 3.50. The maximum Gasteiger partial charge on any atom is 0.0762 e. The van der Waals surface area contributed by atoms with E-state index in [4.69, 9.17) is 0 Å². The molecule has 0 saturated carbocycles. The molecule has 1 N–H and O–H groups in total. The van der Waals surface area contributed by atoms with Crippen LogP contribution in [0.15, 0.2) is 28.2 Å². The Morgan fingerprint density at radius 1 is 1.50 bits per heavy atom. The zero-order chi connectivity index (χ0) is 13.0. The van der Waals surface area contributed by atoms with Gasteiger partial charge in [-0.25, -0.2) is 0 Å². The van der Waals surface area contributed by atoms with E-state index < -0.39 is 0 Å². The van der Waals surface area contributed by atoms with Gasteiger partial charge in [0.25, 0.3) is 0 Å². The second-order valence-corrected chi connectivity index (χ2v) is 6.67. The highest BCUT2D eigenvalue weighted by Gasteiger charge is 2.02. The van der Waals surface area contributed by atoms with Crippen LogP contribution in [-0.2, 0) is 13.1 Å². The lowest BCUT2D eigenvalue weighted by molar-refractivity contribution is 0.543. The lowest BCUT2D eigenvalue weighted by Crippen LogP contribution is -2.19. The van der Waals surface area contributed by atoms with Crippen molar-refractivity contribution in [1.29, 1.82) is 0 Å². The summed E-state index contributed by atoms with van der Waals surface area (Å²) in [6.45, 7) is 7.14. The average Bonchev–Trinajstić information content (AvgIpc) is 2.89. The third-order valence-electron chi connectivity index (χ3n) is 2.49. The van der Waals surface area contributed by atoms with Gasteiger partial charge in [-0.2, -0.15) is 5.10 Å². The van der Waals surface area contributed by atoms with Crippen LogP contribution in [0, 0.1) is 5.92 Å². The van der Waals surface area contributed by atoms with Gasteiger partial charge in [0, 0.05) is 27.5 Å². The quantitative estimate of drug-likeness (QED) is 0.879. The zero-order valence-electron chi connectivity index (χ0n) is 10.7. The van der Waals surface area contributed by atoms with E-state index in [0.29, 0.717) is 5.92 Å². The van der Waals surface area contributed by atoms with Crippen LogP contribution in [0.5, 0.6) is 0 Å². The summed E-state index contributed by atoms with van der Waals surface area (Å²) < 4.78 is 3.14. The Labute approximate surface area is 120 Å². The second-order valence-electron chi connectivity index (χ2n) is 4.76. The fraction of sp³-hybridized carbons (Fsp3) is 0.462. The predicted molar refractivity (Wildman–Crippen MR) is 79.9 cm³/mol. The molecule has 0 radical (unpaired) electrons. The molecular formula is C13H18BrN3S. The molecule has 5 heteroatoms. The Balaban J connectivity index is 1.86. The third-order valence-corrected chi connectivity index (χ3v) is 4.18. The van der Waals surface area contributed by atoms with Crippen molar-refractivity contribution in [2.45, 2.75) is 26.9 Å². The summed E-state index contributed by atoms with van der Waals surface area (Å²) in [6, 6.07) is 4.22. The monoisotopic (exact) mass is 327 g/mol. The van der Waals surface area contributed by atoms with E-state index in [9.17, 15) is 0 Å². The molecule has 2 heterocycles. The highest BCUT2D eigenvalue weighted by molar-refractivity contribution is 9.10. The van der Waals surface area contributed by atoms with Gasteiger partial charge in [-0.3, -0.25) is 4.68 Å². The molecule has 18 heavy (non-hydrogen) atoms. The number of hydrogen-bond acceptors (Lipinski definition) is 3. The van der Waals surface area contributed by atoms with Crippen LogP contribution in [-0.4, -0.2) is 16.3 Å². The number of nitrogens with one attached hydrogen (secondary N) is 1. The minimum atomic E-state index is 0.676. The number of hydrogen-bond donors (Lipinski definition) is 1. The fourth-order valence-electron chi connectivity index (χ4n) is 1.67. The molecule has 0 fully saturated rings. The van der Waals surface area contributed by atoms with Gasteiger partial charge in [0.15, 0.2) is 0 Å². The molecule has 0 aliphatic rings. The molecule has 0 amide bonds. The first-order valence-corrected chi connectivity index (χ1v) is 7.76. The Morgan fingerprint density at radius 2 is 2.33 bits per heavy atom. The molecule has 2 rings (SSSR count). The van der Waals surface area contributed by atoms with Crippen molar-refractivity contribution in [3.05, 3.63) is 38.8 Å². The van der Waals surface area contributed by atoms with Gasteiger partial charge in [-0.1, -0.05) is 13.8 Å². The highest BCUT2D eigenvalue weighted by atomic mass is 79.9. The van der Waals surface area contributed by atoms with Crippen LogP contribution in [0.1, 0.15) is 24.4 Å². The van der Waals surface area contributed by atoms with Crippen molar-refractivity contribution in [3.8, 4) is 0 Å². The molecule has 0 aliphatic heterocycles. The first-order valence-electron chi connectivity index (χ1n) is 6.09. The molecule has 2 aromatic rings. The normalized spacial score (nSPS) is 11.3. The van der Waals surface area contributed by atoms with Crippen LogP contribution in [0.4, 0.5) is 0 Å². The third kappa shape index (κ3) is 4.23. The summed E-state index contributed by atoms with van der Waals surface area (Å²) in [5.74, 6) is 0.676. The van der Waals surface area contributed by atoms with E-state index in [1.165, 1.54) is 4.88 Å². The number of aromatic nitrogens is 2. The second kappa shape index (κ2) is 6.50. The molecule has 0 aromatic carbocycles. The zero-order valence-corrected chi connectivity index (χ0v) is 13.1. The summed E-state index contributed by atoms with van der Waals surface area (Å²) >= 11 is 5.22. The van der Waals surface area contributed by atoms with Crippen LogP contribution in [0.3, 0.4) is 0 Å².